The number of ether oxygens (including phenoxy) is 5. The second-order valence-corrected chi connectivity index (χ2v) is 6.48. The number of rotatable bonds is 4. The average Bonchev–Trinajstić information content (AvgIpc) is 2.82. The van der Waals surface area contributed by atoms with Crippen molar-refractivity contribution in [2.24, 2.45) is 0 Å². The molecular formula is C16H26O6. The summed E-state index contributed by atoms with van der Waals surface area (Å²) in [4.78, 5) is 11.5. The predicted octanol–water partition coefficient (Wildman–Crippen LogP) is 2.17. The first-order chi connectivity index (χ1) is 10.1. The Hall–Kier alpha value is -0.950. The van der Waals surface area contributed by atoms with Crippen LogP contribution in [0.4, 0.5) is 0 Å². The lowest BCUT2D eigenvalue weighted by Gasteiger charge is -2.24. The van der Waals surface area contributed by atoms with Gasteiger partial charge in [0.2, 0.25) is 0 Å². The molecule has 2 aliphatic heterocycles. The molecule has 0 aromatic carbocycles. The van der Waals surface area contributed by atoms with E-state index in [1.807, 2.05) is 34.6 Å². The van der Waals surface area contributed by atoms with Gasteiger partial charge < -0.3 is 23.7 Å². The van der Waals surface area contributed by atoms with Crippen LogP contribution in [0.2, 0.25) is 0 Å². The Bertz CT molecular complexity index is 442. The molecule has 0 aliphatic carbocycles. The molecule has 0 amide bonds. The van der Waals surface area contributed by atoms with Crippen LogP contribution in [-0.2, 0) is 28.5 Å². The first kappa shape index (κ1) is 17.4. The van der Waals surface area contributed by atoms with Gasteiger partial charge in [0, 0.05) is 6.08 Å². The number of carbonyl (C=O) groups excluding carboxylic acids is 1. The van der Waals surface area contributed by atoms with E-state index in [-0.39, 0.29) is 18.3 Å². The summed E-state index contributed by atoms with van der Waals surface area (Å²) in [6, 6.07) is 0. The first-order valence-electron chi connectivity index (χ1n) is 7.70. The summed E-state index contributed by atoms with van der Waals surface area (Å²) in [6.45, 7) is 11.5. The van der Waals surface area contributed by atoms with Gasteiger partial charge in [0.25, 0.3) is 0 Å². The first-order valence-corrected chi connectivity index (χ1v) is 7.70. The SMILES string of the molecule is CCOC(=O)/C=C/[C@H]1OC(C)(C)O[C@@H]1[C@@H]1OC(C)(C)O[C@H]1C. The molecule has 0 saturated carbocycles. The van der Waals surface area contributed by atoms with Gasteiger partial charge in [-0.15, -0.1) is 0 Å². The standard InChI is InChI=1S/C16H26O6/c1-7-18-12(17)9-8-11-14(22-16(5,6)20-11)13-10(2)19-15(3,4)21-13/h8-11,13-14H,7H2,1-6H3/b9-8+/t10-,11+,13+,14-/m0/s1. The molecule has 6 heteroatoms. The zero-order valence-corrected chi connectivity index (χ0v) is 14.1. The molecule has 0 aromatic heterocycles. The highest BCUT2D eigenvalue weighted by molar-refractivity contribution is 5.81. The van der Waals surface area contributed by atoms with Crippen molar-refractivity contribution in [1.82, 2.24) is 0 Å². The van der Waals surface area contributed by atoms with E-state index in [9.17, 15) is 4.79 Å². The molecule has 0 aromatic rings. The normalized spacial score (nSPS) is 36.8. The Morgan fingerprint density at radius 2 is 1.64 bits per heavy atom. The van der Waals surface area contributed by atoms with Gasteiger partial charge in [-0.1, -0.05) is 0 Å². The summed E-state index contributed by atoms with van der Waals surface area (Å²) in [5, 5.41) is 0. The Morgan fingerprint density at radius 1 is 1.05 bits per heavy atom. The summed E-state index contributed by atoms with van der Waals surface area (Å²) < 4.78 is 28.5. The molecule has 22 heavy (non-hydrogen) atoms. The van der Waals surface area contributed by atoms with Crippen LogP contribution in [0, 0.1) is 0 Å². The van der Waals surface area contributed by atoms with E-state index in [0.717, 1.165) is 0 Å². The number of hydrogen-bond donors (Lipinski definition) is 0. The molecule has 2 fully saturated rings. The minimum absolute atomic E-state index is 0.129. The highest BCUT2D eigenvalue weighted by atomic mass is 16.8. The van der Waals surface area contributed by atoms with Gasteiger partial charge >= 0.3 is 5.97 Å². The molecule has 126 valence electrons. The van der Waals surface area contributed by atoms with Crippen LogP contribution >= 0.6 is 0 Å². The maximum Gasteiger partial charge on any atom is 0.330 e. The van der Waals surface area contributed by atoms with E-state index in [4.69, 9.17) is 23.7 Å². The second kappa shape index (κ2) is 6.28. The number of carbonyl (C=O) groups is 1. The molecule has 2 saturated heterocycles. The van der Waals surface area contributed by atoms with Crippen molar-refractivity contribution in [2.45, 2.75) is 77.5 Å². The van der Waals surface area contributed by atoms with E-state index in [2.05, 4.69) is 0 Å². The molecular weight excluding hydrogens is 288 g/mol. The predicted molar refractivity (Wildman–Crippen MR) is 79.1 cm³/mol. The van der Waals surface area contributed by atoms with Gasteiger partial charge in [-0.3, -0.25) is 0 Å². The van der Waals surface area contributed by atoms with Gasteiger partial charge in [0.15, 0.2) is 11.6 Å². The van der Waals surface area contributed by atoms with Crippen LogP contribution in [0.1, 0.15) is 41.5 Å². The molecule has 2 aliphatic rings. The third-order valence-electron chi connectivity index (χ3n) is 3.55. The molecule has 0 radical (unpaired) electrons. The van der Waals surface area contributed by atoms with Gasteiger partial charge in [-0.05, 0) is 47.6 Å². The van der Waals surface area contributed by atoms with E-state index in [1.54, 1.807) is 13.0 Å². The lowest BCUT2D eigenvalue weighted by molar-refractivity contribution is -0.174. The summed E-state index contributed by atoms with van der Waals surface area (Å²) in [5.74, 6) is -1.80. The van der Waals surface area contributed by atoms with Crippen molar-refractivity contribution in [3.05, 3.63) is 12.2 Å². The third kappa shape index (κ3) is 4.07. The number of hydrogen-bond acceptors (Lipinski definition) is 6. The lowest BCUT2D eigenvalue weighted by Crippen LogP contribution is -2.40. The summed E-state index contributed by atoms with van der Waals surface area (Å²) in [7, 11) is 0. The fraction of sp³-hybridized carbons (Fsp3) is 0.812. The van der Waals surface area contributed by atoms with Crippen molar-refractivity contribution in [2.75, 3.05) is 6.61 Å². The van der Waals surface area contributed by atoms with Crippen molar-refractivity contribution in [3.8, 4) is 0 Å². The minimum atomic E-state index is -0.746. The lowest BCUT2D eigenvalue weighted by atomic mass is 10.0. The van der Waals surface area contributed by atoms with Gasteiger partial charge in [-0.2, -0.15) is 0 Å². The van der Waals surface area contributed by atoms with Crippen molar-refractivity contribution in [3.63, 3.8) is 0 Å². The zero-order chi connectivity index (χ0) is 16.5. The Kier molecular flexibility index (Phi) is 4.96. The summed E-state index contributed by atoms with van der Waals surface area (Å²) in [5.41, 5.74) is 0. The van der Waals surface area contributed by atoms with Crippen LogP contribution in [0.25, 0.3) is 0 Å². The summed E-state index contributed by atoms with van der Waals surface area (Å²) >= 11 is 0. The van der Waals surface area contributed by atoms with Crippen LogP contribution in [0.3, 0.4) is 0 Å². The van der Waals surface area contributed by atoms with Gasteiger partial charge in [-0.25, -0.2) is 4.79 Å². The molecule has 0 bridgehead atoms. The molecule has 0 spiro atoms. The minimum Gasteiger partial charge on any atom is -0.463 e. The van der Waals surface area contributed by atoms with Gasteiger partial charge in [0.1, 0.15) is 18.3 Å². The Morgan fingerprint density at radius 3 is 2.18 bits per heavy atom. The fourth-order valence-electron chi connectivity index (χ4n) is 2.88. The molecule has 6 nitrogen and oxygen atoms in total. The van der Waals surface area contributed by atoms with Crippen LogP contribution in [0.5, 0.6) is 0 Å². The van der Waals surface area contributed by atoms with Crippen molar-refractivity contribution >= 4 is 5.97 Å². The molecule has 0 N–H and O–H groups in total. The third-order valence-corrected chi connectivity index (χ3v) is 3.55. The van der Waals surface area contributed by atoms with Crippen molar-refractivity contribution in [1.29, 1.82) is 0 Å². The van der Waals surface area contributed by atoms with E-state index in [0.29, 0.717) is 6.61 Å². The Labute approximate surface area is 131 Å². The number of esters is 1. The van der Waals surface area contributed by atoms with E-state index in [1.165, 1.54) is 6.08 Å². The van der Waals surface area contributed by atoms with Crippen LogP contribution in [0.15, 0.2) is 12.2 Å². The molecule has 4 atom stereocenters. The molecule has 2 heterocycles. The maximum absolute atomic E-state index is 11.5. The summed E-state index contributed by atoms with van der Waals surface area (Å²) in [6.07, 6.45) is 1.89. The van der Waals surface area contributed by atoms with Crippen LogP contribution in [-0.4, -0.2) is 48.6 Å². The molecule has 0 unspecified atom stereocenters. The highest BCUT2D eigenvalue weighted by Gasteiger charge is 2.51. The zero-order valence-electron chi connectivity index (χ0n) is 14.1. The second-order valence-electron chi connectivity index (χ2n) is 6.48. The van der Waals surface area contributed by atoms with Gasteiger partial charge in [0.05, 0.1) is 12.7 Å². The Balaban J connectivity index is 2.12. The van der Waals surface area contributed by atoms with E-state index >= 15 is 0 Å². The quantitative estimate of drug-likeness (QED) is 0.585. The topological polar surface area (TPSA) is 63.2 Å². The highest BCUT2D eigenvalue weighted by Crippen LogP contribution is 2.38. The van der Waals surface area contributed by atoms with E-state index < -0.39 is 23.6 Å². The van der Waals surface area contributed by atoms with Crippen LogP contribution < -0.4 is 0 Å². The largest absolute Gasteiger partial charge is 0.463 e. The average molecular weight is 314 g/mol. The smallest absolute Gasteiger partial charge is 0.330 e. The maximum atomic E-state index is 11.5. The van der Waals surface area contributed by atoms with Crippen molar-refractivity contribution < 1.29 is 28.5 Å². The fourth-order valence-corrected chi connectivity index (χ4v) is 2.88. The monoisotopic (exact) mass is 314 g/mol. The molecule has 2 rings (SSSR count).